The van der Waals surface area contributed by atoms with Crippen LogP contribution in [0.15, 0.2) is 30.3 Å². The summed E-state index contributed by atoms with van der Waals surface area (Å²) in [7, 11) is 0. The zero-order chi connectivity index (χ0) is 20.5. The third-order valence-corrected chi connectivity index (χ3v) is 4.35. The molecule has 0 radical (unpaired) electrons. The van der Waals surface area contributed by atoms with Gasteiger partial charge in [0.25, 0.3) is 0 Å². The zero-order valence-electron chi connectivity index (χ0n) is 17.8. The number of aliphatic hydroxyl groups excluding tert-OH is 1. The molecule has 27 heavy (non-hydrogen) atoms. The average Bonchev–Trinajstić information content (AvgIpc) is 2.53. The fraction of sp³-hybridized carbons (Fsp3) is 0.682. The molecule has 1 aromatic rings. The Bertz CT molecular complexity index is 552. The summed E-state index contributed by atoms with van der Waals surface area (Å²) in [6.07, 6.45) is 1.58. The van der Waals surface area contributed by atoms with Gasteiger partial charge in [0.05, 0.1) is 12.1 Å². The summed E-state index contributed by atoms with van der Waals surface area (Å²) in [5, 5.41) is 16.9. The van der Waals surface area contributed by atoms with Gasteiger partial charge >= 0.3 is 6.09 Å². The van der Waals surface area contributed by atoms with Crippen LogP contribution in [0.2, 0.25) is 0 Å². The van der Waals surface area contributed by atoms with E-state index in [0.29, 0.717) is 13.0 Å². The summed E-state index contributed by atoms with van der Waals surface area (Å²) in [5.41, 5.74) is 0.667. The van der Waals surface area contributed by atoms with Gasteiger partial charge in [0, 0.05) is 13.1 Å². The first-order chi connectivity index (χ1) is 12.5. The Morgan fingerprint density at radius 1 is 1.15 bits per heavy atom. The zero-order valence-corrected chi connectivity index (χ0v) is 17.8. The smallest absolute Gasteiger partial charge is 0.407 e. The van der Waals surface area contributed by atoms with Crippen molar-refractivity contribution in [2.24, 2.45) is 5.41 Å². The molecule has 5 nitrogen and oxygen atoms in total. The highest BCUT2D eigenvalue weighted by Gasteiger charge is 2.25. The minimum atomic E-state index is -0.713. The number of amides is 1. The Morgan fingerprint density at radius 2 is 1.78 bits per heavy atom. The molecule has 0 aromatic heterocycles. The SMILES string of the molecule is CCCC(C)(C)CNC[C@@H](O)[C@H](Cc1ccccc1)NC(=O)OC(C)(C)C. The molecule has 0 aliphatic heterocycles. The van der Waals surface area contributed by atoms with Crippen molar-refractivity contribution in [3.05, 3.63) is 35.9 Å². The van der Waals surface area contributed by atoms with Crippen LogP contribution in [-0.2, 0) is 11.2 Å². The fourth-order valence-corrected chi connectivity index (χ4v) is 3.08. The lowest BCUT2D eigenvalue weighted by Crippen LogP contribution is -2.50. The second-order valence-electron chi connectivity index (χ2n) is 9.05. The van der Waals surface area contributed by atoms with Crippen molar-refractivity contribution in [2.75, 3.05) is 13.1 Å². The van der Waals surface area contributed by atoms with E-state index in [1.165, 1.54) is 0 Å². The molecule has 0 aliphatic carbocycles. The number of benzene rings is 1. The van der Waals surface area contributed by atoms with Gasteiger partial charge in [-0.1, -0.05) is 57.5 Å². The van der Waals surface area contributed by atoms with E-state index in [9.17, 15) is 9.90 Å². The van der Waals surface area contributed by atoms with Crippen LogP contribution >= 0.6 is 0 Å². The number of rotatable bonds is 10. The lowest BCUT2D eigenvalue weighted by Gasteiger charge is -2.29. The van der Waals surface area contributed by atoms with Gasteiger partial charge in [0.1, 0.15) is 5.60 Å². The first-order valence-electron chi connectivity index (χ1n) is 9.94. The highest BCUT2D eigenvalue weighted by molar-refractivity contribution is 5.68. The van der Waals surface area contributed by atoms with Crippen molar-refractivity contribution >= 4 is 6.09 Å². The molecule has 0 unspecified atom stereocenters. The van der Waals surface area contributed by atoms with Gasteiger partial charge in [-0.15, -0.1) is 0 Å². The van der Waals surface area contributed by atoms with Crippen molar-refractivity contribution in [1.82, 2.24) is 10.6 Å². The highest BCUT2D eigenvalue weighted by atomic mass is 16.6. The van der Waals surface area contributed by atoms with E-state index < -0.39 is 23.8 Å². The molecular weight excluding hydrogens is 340 g/mol. The Morgan fingerprint density at radius 3 is 2.33 bits per heavy atom. The molecule has 2 atom stereocenters. The van der Waals surface area contributed by atoms with Gasteiger partial charge in [0.15, 0.2) is 0 Å². The standard InChI is InChI=1S/C22H38N2O3/c1-7-13-22(5,6)16-23-15-19(25)18(14-17-11-9-8-10-12-17)24-20(26)27-21(2,3)4/h8-12,18-19,23,25H,7,13-16H2,1-6H3,(H,24,26)/t18-,19+/m0/s1. The van der Waals surface area contributed by atoms with E-state index in [1.54, 1.807) is 0 Å². The molecule has 154 valence electrons. The van der Waals surface area contributed by atoms with Crippen molar-refractivity contribution in [3.8, 4) is 0 Å². The Hall–Kier alpha value is -1.59. The largest absolute Gasteiger partial charge is 0.444 e. The minimum absolute atomic E-state index is 0.183. The molecule has 3 N–H and O–H groups in total. The number of carbonyl (C=O) groups excluding carboxylic acids is 1. The van der Waals surface area contributed by atoms with E-state index in [4.69, 9.17) is 4.74 Å². The maximum absolute atomic E-state index is 12.2. The number of aliphatic hydroxyl groups is 1. The van der Waals surface area contributed by atoms with Gasteiger partial charge in [0.2, 0.25) is 0 Å². The molecule has 1 aromatic carbocycles. The number of hydrogen-bond donors (Lipinski definition) is 3. The first kappa shape index (κ1) is 23.4. The summed E-state index contributed by atoms with van der Waals surface area (Å²) in [6.45, 7) is 13.3. The van der Waals surface area contributed by atoms with Crippen LogP contribution in [0.4, 0.5) is 4.79 Å². The highest BCUT2D eigenvalue weighted by Crippen LogP contribution is 2.20. The van der Waals surface area contributed by atoms with Crippen LogP contribution in [-0.4, -0.2) is 42.0 Å². The van der Waals surface area contributed by atoms with E-state index in [2.05, 4.69) is 31.4 Å². The van der Waals surface area contributed by atoms with E-state index in [-0.39, 0.29) is 5.41 Å². The lowest BCUT2D eigenvalue weighted by atomic mass is 9.88. The molecule has 0 spiro atoms. The Kier molecular flexibility index (Phi) is 9.27. The Balaban J connectivity index is 2.69. The van der Waals surface area contributed by atoms with Gasteiger partial charge in [-0.25, -0.2) is 4.79 Å². The fourth-order valence-electron chi connectivity index (χ4n) is 3.08. The van der Waals surface area contributed by atoms with E-state index in [1.807, 2.05) is 51.1 Å². The van der Waals surface area contributed by atoms with Gasteiger partial charge in [-0.2, -0.15) is 0 Å². The molecule has 1 rings (SSSR count). The van der Waals surface area contributed by atoms with Crippen LogP contribution < -0.4 is 10.6 Å². The molecule has 0 bridgehead atoms. The van der Waals surface area contributed by atoms with Crippen LogP contribution in [0.1, 0.15) is 59.9 Å². The molecule has 0 aliphatic rings. The van der Waals surface area contributed by atoms with Crippen LogP contribution in [0.5, 0.6) is 0 Å². The second-order valence-corrected chi connectivity index (χ2v) is 9.05. The maximum atomic E-state index is 12.2. The number of ether oxygens (including phenoxy) is 1. The van der Waals surface area contributed by atoms with E-state index in [0.717, 1.165) is 24.9 Å². The quantitative estimate of drug-likeness (QED) is 0.577. The lowest BCUT2D eigenvalue weighted by molar-refractivity contribution is 0.0420. The van der Waals surface area contributed by atoms with Crippen molar-refractivity contribution in [3.63, 3.8) is 0 Å². The first-order valence-corrected chi connectivity index (χ1v) is 9.94. The second kappa shape index (κ2) is 10.7. The predicted octanol–water partition coefficient (Wildman–Crippen LogP) is 3.90. The number of hydrogen-bond acceptors (Lipinski definition) is 4. The van der Waals surface area contributed by atoms with Gasteiger partial charge in [-0.05, 0) is 44.6 Å². The minimum Gasteiger partial charge on any atom is -0.444 e. The van der Waals surface area contributed by atoms with Crippen molar-refractivity contribution in [1.29, 1.82) is 0 Å². The van der Waals surface area contributed by atoms with Crippen LogP contribution in [0.25, 0.3) is 0 Å². The normalized spacial score (nSPS) is 14.5. The summed E-state index contributed by atoms with van der Waals surface area (Å²) in [5.74, 6) is 0. The summed E-state index contributed by atoms with van der Waals surface area (Å²) >= 11 is 0. The molecule has 0 saturated heterocycles. The predicted molar refractivity (Wildman–Crippen MR) is 111 cm³/mol. The van der Waals surface area contributed by atoms with Crippen LogP contribution in [0.3, 0.4) is 0 Å². The third-order valence-electron chi connectivity index (χ3n) is 4.35. The number of nitrogens with one attached hydrogen (secondary N) is 2. The Labute approximate surface area is 164 Å². The molecule has 1 amide bonds. The molecule has 0 fully saturated rings. The molecule has 0 saturated carbocycles. The monoisotopic (exact) mass is 378 g/mol. The van der Waals surface area contributed by atoms with Gasteiger partial charge in [-0.3, -0.25) is 0 Å². The maximum Gasteiger partial charge on any atom is 0.407 e. The van der Waals surface area contributed by atoms with Gasteiger partial charge < -0.3 is 20.5 Å². The third kappa shape index (κ3) is 10.4. The van der Waals surface area contributed by atoms with Crippen molar-refractivity contribution in [2.45, 2.75) is 78.6 Å². The number of alkyl carbamates (subject to hydrolysis) is 1. The molecular formula is C22H38N2O3. The van der Waals surface area contributed by atoms with E-state index >= 15 is 0 Å². The summed E-state index contributed by atoms with van der Waals surface area (Å²) in [6, 6.07) is 9.43. The van der Waals surface area contributed by atoms with Crippen molar-refractivity contribution < 1.29 is 14.6 Å². The summed E-state index contributed by atoms with van der Waals surface area (Å²) < 4.78 is 5.37. The molecule has 5 heteroatoms. The topological polar surface area (TPSA) is 70.6 Å². The summed E-state index contributed by atoms with van der Waals surface area (Å²) in [4.78, 5) is 12.2. The molecule has 0 heterocycles. The van der Waals surface area contributed by atoms with Crippen LogP contribution in [0, 0.1) is 5.41 Å². The number of carbonyl (C=O) groups is 1. The average molecular weight is 379 g/mol.